The van der Waals surface area contributed by atoms with Gasteiger partial charge in [-0.25, -0.2) is 4.39 Å². The Labute approximate surface area is 118 Å². The zero-order valence-electron chi connectivity index (χ0n) is 11.1. The van der Waals surface area contributed by atoms with Crippen molar-refractivity contribution in [1.82, 2.24) is 4.90 Å². The van der Waals surface area contributed by atoms with Crippen LogP contribution in [0.15, 0.2) is 18.2 Å². The standard InChI is InChI=1S/C14H20ClFN2O/c1-2-5-18-6-7-19-13(9-17)14(18)10-3-4-11(15)12(16)8-10/h3-4,8,13-14H,2,5-7,9,17H2,1H3. The number of benzene rings is 1. The van der Waals surface area contributed by atoms with Crippen molar-refractivity contribution >= 4 is 11.6 Å². The molecule has 0 amide bonds. The molecular weight excluding hydrogens is 267 g/mol. The van der Waals surface area contributed by atoms with Gasteiger partial charge in [0, 0.05) is 13.1 Å². The molecule has 1 fully saturated rings. The summed E-state index contributed by atoms with van der Waals surface area (Å²) >= 11 is 5.74. The largest absolute Gasteiger partial charge is 0.374 e. The predicted molar refractivity (Wildman–Crippen MR) is 74.8 cm³/mol. The zero-order valence-corrected chi connectivity index (χ0v) is 11.9. The maximum atomic E-state index is 13.7. The highest BCUT2D eigenvalue weighted by Crippen LogP contribution is 2.31. The molecule has 2 N–H and O–H groups in total. The highest BCUT2D eigenvalue weighted by atomic mass is 35.5. The minimum atomic E-state index is -0.392. The van der Waals surface area contributed by atoms with E-state index in [1.807, 2.05) is 6.07 Å². The van der Waals surface area contributed by atoms with Gasteiger partial charge in [0.15, 0.2) is 0 Å². The van der Waals surface area contributed by atoms with E-state index in [1.165, 1.54) is 6.07 Å². The second-order valence-corrected chi connectivity index (χ2v) is 5.21. The third-order valence-electron chi connectivity index (χ3n) is 3.48. The molecule has 0 radical (unpaired) electrons. The van der Waals surface area contributed by atoms with Crippen molar-refractivity contribution in [3.8, 4) is 0 Å². The van der Waals surface area contributed by atoms with Gasteiger partial charge in [0.05, 0.1) is 23.8 Å². The highest BCUT2D eigenvalue weighted by Gasteiger charge is 2.32. The fourth-order valence-electron chi connectivity index (χ4n) is 2.64. The highest BCUT2D eigenvalue weighted by molar-refractivity contribution is 6.30. The summed E-state index contributed by atoms with van der Waals surface area (Å²) in [6.45, 7) is 5.03. The summed E-state index contributed by atoms with van der Waals surface area (Å²) < 4.78 is 19.4. The minimum Gasteiger partial charge on any atom is -0.374 e. The van der Waals surface area contributed by atoms with Crippen LogP contribution in [0, 0.1) is 5.82 Å². The molecular formula is C14H20ClFN2O. The first kappa shape index (κ1) is 14.7. The Hall–Kier alpha value is -0.680. The lowest BCUT2D eigenvalue weighted by molar-refractivity contribution is -0.0677. The average Bonchev–Trinajstić information content (AvgIpc) is 2.42. The summed E-state index contributed by atoms with van der Waals surface area (Å²) in [5.74, 6) is -0.392. The van der Waals surface area contributed by atoms with Crippen LogP contribution in [-0.4, -0.2) is 37.2 Å². The van der Waals surface area contributed by atoms with Crippen LogP contribution in [0.2, 0.25) is 5.02 Å². The Balaban J connectivity index is 2.30. The Bertz CT molecular complexity index is 428. The molecule has 2 rings (SSSR count). The lowest BCUT2D eigenvalue weighted by Gasteiger charge is -2.41. The maximum absolute atomic E-state index is 13.7. The molecule has 19 heavy (non-hydrogen) atoms. The van der Waals surface area contributed by atoms with E-state index in [9.17, 15) is 4.39 Å². The van der Waals surface area contributed by atoms with Crippen LogP contribution in [0.5, 0.6) is 0 Å². The summed E-state index contributed by atoms with van der Waals surface area (Å²) in [7, 11) is 0. The van der Waals surface area contributed by atoms with Crippen molar-refractivity contribution in [2.24, 2.45) is 5.73 Å². The topological polar surface area (TPSA) is 38.5 Å². The van der Waals surface area contributed by atoms with Crippen LogP contribution in [-0.2, 0) is 4.74 Å². The minimum absolute atomic E-state index is 0.00506. The molecule has 1 aliphatic heterocycles. The Morgan fingerprint density at radius 1 is 1.53 bits per heavy atom. The Morgan fingerprint density at radius 2 is 2.32 bits per heavy atom. The first-order chi connectivity index (χ1) is 9.17. The van der Waals surface area contributed by atoms with Crippen molar-refractivity contribution < 1.29 is 9.13 Å². The number of nitrogens with two attached hydrogens (primary N) is 1. The zero-order chi connectivity index (χ0) is 13.8. The molecule has 106 valence electrons. The average molecular weight is 287 g/mol. The van der Waals surface area contributed by atoms with Gasteiger partial charge in [-0.05, 0) is 30.7 Å². The second kappa shape index (κ2) is 6.66. The molecule has 3 nitrogen and oxygen atoms in total. The molecule has 0 saturated carbocycles. The first-order valence-corrected chi connectivity index (χ1v) is 7.05. The van der Waals surface area contributed by atoms with Gasteiger partial charge >= 0.3 is 0 Å². The van der Waals surface area contributed by atoms with Gasteiger partial charge < -0.3 is 10.5 Å². The van der Waals surface area contributed by atoms with Gasteiger partial charge in [-0.2, -0.15) is 0 Å². The molecule has 1 aromatic carbocycles. The number of ether oxygens (including phenoxy) is 1. The molecule has 2 atom stereocenters. The first-order valence-electron chi connectivity index (χ1n) is 6.68. The predicted octanol–water partition coefficient (Wildman–Crippen LogP) is 2.59. The summed E-state index contributed by atoms with van der Waals surface area (Å²) in [5.41, 5.74) is 6.67. The third kappa shape index (κ3) is 3.26. The lowest BCUT2D eigenvalue weighted by Crippen LogP contribution is -2.48. The number of hydrogen-bond acceptors (Lipinski definition) is 3. The number of nitrogens with zero attached hydrogens (tertiary/aromatic N) is 1. The SMILES string of the molecule is CCCN1CCOC(CN)C1c1ccc(Cl)c(F)c1. The van der Waals surface area contributed by atoms with Gasteiger partial charge in [0.1, 0.15) is 5.82 Å². The molecule has 1 heterocycles. The normalized spacial score (nSPS) is 24.6. The van der Waals surface area contributed by atoms with Crippen LogP contribution in [0.3, 0.4) is 0 Å². The van der Waals surface area contributed by atoms with E-state index in [4.69, 9.17) is 22.1 Å². The van der Waals surface area contributed by atoms with E-state index in [1.54, 1.807) is 6.07 Å². The van der Waals surface area contributed by atoms with E-state index in [2.05, 4.69) is 11.8 Å². The molecule has 1 aromatic rings. The summed E-state index contributed by atoms with van der Waals surface area (Å²) in [5, 5.41) is 0.145. The summed E-state index contributed by atoms with van der Waals surface area (Å²) in [4.78, 5) is 2.31. The molecule has 0 bridgehead atoms. The Morgan fingerprint density at radius 3 is 2.95 bits per heavy atom. The van der Waals surface area contributed by atoms with Crippen molar-refractivity contribution in [2.45, 2.75) is 25.5 Å². The van der Waals surface area contributed by atoms with Crippen LogP contribution in [0.1, 0.15) is 24.9 Å². The quantitative estimate of drug-likeness (QED) is 0.925. The van der Waals surface area contributed by atoms with Crippen molar-refractivity contribution in [3.63, 3.8) is 0 Å². The molecule has 0 aromatic heterocycles. The molecule has 0 aliphatic carbocycles. The van der Waals surface area contributed by atoms with Gasteiger partial charge in [0.25, 0.3) is 0 Å². The van der Waals surface area contributed by atoms with Crippen LogP contribution < -0.4 is 5.73 Å². The summed E-state index contributed by atoms with van der Waals surface area (Å²) in [6, 6.07) is 4.95. The van der Waals surface area contributed by atoms with Crippen molar-refractivity contribution in [1.29, 1.82) is 0 Å². The molecule has 0 spiro atoms. The van der Waals surface area contributed by atoms with Gasteiger partial charge in [-0.3, -0.25) is 4.90 Å². The van der Waals surface area contributed by atoms with E-state index < -0.39 is 5.82 Å². The van der Waals surface area contributed by atoms with E-state index in [-0.39, 0.29) is 17.2 Å². The van der Waals surface area contributed by atoms with Crippen molar-refractivity contribution in [2.75, 3.05) is 26.2 Å². The number of morpholine rings is 1. The molecule has 1 saturated heterocycles. The smallest absolute Gasteiger partial charge is 0.142 e. The van der Waals surface area contributed by atoms with E-state index in [0.29, 0.717) is 13.2 Å². The van der Waals surface area contributed by atoms with Crippen LogP contribution in [0.4, 0.5) is 4.39 Å². The van der Waals surface area contributed by atoms with Crippen LogP contribution in [0.25, 0.3) is 0 Å². The van der Waals surface area contributed by atoms with Crippen LogP contribution >= 0.6 is 11.6 Å². The van der Waals surface area contributed by atoms with Crippen molar-refractivity contribution in [3.05, 3.63) is 34.6 Å². The molecule has 5 heteroatoms. The Kier molecular flexibility index (Phi) is 5.16. The fraction of sp³-hybridized carbons (Fsp3) is 0.571. The number of hydrogen-bond donors (Lipinski definition) is 1. The van der Waals surface area contributed by atoms with Gasteiger partial charge in [-0.15, -0.1) is 0 Å². The molecule has 2 unspecified atom stereocenters. The van der Waals surface area contributed by atoms with Gasteiger partial charge in [0.2, 0.25) is 0 Å². The number of rotatable bonds is 4. The molecule has 1 aliphatic rings. The fourth-order valence-corrected chi connectivity index (χ4v) is 2.76. The van der Waals surface area contributed by atoms with E-state index in [0.717, 1.165) is 25.1 Å². The maximum Gasteiger partial charge on any atom is 0.142 e. The monoisotopic (exact) mass is 286 g/mol. The van der Waals surface area contributed by atoms with E-state index >= 15 is 0 Å². The van der Waals surface area contributed by atoms with Gasteiger partial charge in [-0.1, -0.05) is 24.6 Å². The third-order valence-corrected chi connectivity index (χ3v) is 3.79. The number of halogens is 2. The second-order valence-electron chi connectivity index (χ2n) is 4.80. The summed E-state index contributed by atoms with van der Waals surface area (Å²) in [6.07, 6.45) is 0.949. The lowest BCUT2D eigenvalue weighted by atomic mass is 9.97.